The van der Waals surface area contributed by atoms with Gasteiger partial charge >= 0.3 is 0 Å². The summed E-state index contributed by atoms with van der Waals surface area (Å²) >= 11 is 0. The Hall–Kier alpha value is -3.16. The molecule has 4 aromatic carbocycles. The molecular formula is C33H33N. The molecule has 170 valence electrons. The van der Waals surface area contributed by atoms with Gasteiger partial charge < -0.3 is 4.90 Å². The Bertz CT molecular complexity index is 1260. The highest BCUT2D eigenvalue weighted by Crippen LogP contribution is 2.49. The zero-order valence-electron chi connectivity index (χ0n) is 20.3. The van der Waals surface area contributed by atoms with Gasteiger partial charge in [0.25, 0.3) is 0 Å². The maximum atomic E-state index is 2.68. The number of rotatable bonds is 4. The van der Waals surface area contributed by atoms with Gasteiger partial charge in [-0.3, -0.25) is 0 Å². The van der Waals surface area contributed by atoms with Crippen molar-refractivity contribution in [3.63, 3.8) is 0 Å². The fourth-order valence-electron chi connectivity index (χ4n) is 6.30. The van der Waals surface area contributed by atoms with Crippen LogP contribution in [0.3, 0.4) is 0 Å². The summed E-state index contributed by atoms with van der Waals surface area (Å²) in [6.07, 6.45) is 2.60. The highest BCUT2D eigenvalue weighted by atomic mass is 15.2. The van der Waals surface area contributed by atoms with E-state index in [-0.39, 0.29) is 5.41 Å². The van der Waals surface area contributed by atoms with Crippen LogP contribution in [0.15, 0.2) is 97.1 Å². The van der Waals surface area contributed by atoms with E-state index < -0.39 is 0 Å². The molecule has 4 aromatic rings. The van der Waals surface area contributed by atoms with E-state index in [0.29, 0.717) is 0 Å². The lowest BCUT2D eigenvalue weighted by atomic mass is 9.59. The van der Waals surface area contributed by atoms with E-state index in [9.17, 15) is 0 Å². The van der Waals surface area contributed by atoms with Gasteiger partial charge in [0.1, 0.15) is 0 Å². The van der Waals surface area contributed by atoms with Crippen LogP contribution in [0.25, 0.3) is 22.3 Å². The first-order chi connectivity index (χ1) is 16.6. The summed E-state index contributed by atoms with van der Waals surface area (Å²) in [7, 11) is 0. The molecule has 1 heteroatoms. The molecular weight excluding hydrogens is 410 g/mol. The van der Waals surface area contributed by atoms with Crippen LogP contribution in [0.4, 0.5) is 0 Å². The molecule has 3 aliphatic heterocycles. The van der Waals surface area contributed by atoms with Gasteiger partial charge in [0.05, 0.1) is 0 Å². The number of fused-ring (bicyclic) bond motifs is 3. The first-order valence-electron chi connectivity index (χ1n) is 12.7. The molecule has 0 saturated carbocycles. The molecule has 1 nitrogen and oxygen atoms in total. The van der Waals surface area contributed by atoms with E-state index in [0.717, 1.165) is 12.5 Å². The molecule has 7 rings (SSSR count). The standard InChI is InChI=1S/C33H33N/c1-24-3-7-26(8-4-24)27-9-11-28(12-10-27)29-13-17-31(18-14-29)33(30-15-5-25(2)6-16-30)23-34-21-19-32(33)20-22-34/h3-18,32H,19-23H2,1-2H3. The van der Waals surface area contributed by atoms with E-state index in [1.807, 2.05) is 0 Å². The molecule has 3 fully saturated rings. The minimum absolute atomic E-state index is 0.109. The summed E-state index contributed by atoms with van der Waals surface area (Å²) in [6.45, 7) is 7.97. The van der Waals surface area contributed by atoms with Crippen molar-refractivity contribution in [1.82, 2.24) is 4.90 Å². The first-order valence-corrected chi connectivity index (χ1v) is 12.7. The van der Waals surface area contributed by atoms with Crippen LogP contribution < -0.4 is 0 Å². The lowest BCUT2D eigenvalue weighted by Gasteiger charge is -2.54. The minimum Gasteiger partial charge on any atom is -0.302 e. The molecule has 3 aliphatic rings. The second kappa shape index (κ2) is 8.56. The van der Waals surface area contributed by atoms with Crippen molar-refractivity contribution in [3.8, 4) is 22.3 Å². The van der Waals surface area contributed by atoms with Gasteiger partial charge in [-0.2, -0.15) is 0 Å². The zero-order valence-corrected chi connectivity index (χ0v) is 20.3. The average molecular weight is 444 g/mol. The summed E-state index contributed by atoms with van der Waals surface area (Å²) in [5.41, 5.74) is 10.8. The van der Waals surface area contributed by atoms with Crippen molar-refractivity contribution in [2.24, 2.45) is 5.92 Å². The molecule has 0 aromatic heterocycles. The summed E-state index contributed by atoms with van der Waals surface area (Å²) in [6, 6.07) is 36.6. The second-order valence-corrected chi connectivity index (χ2v) is 10.4. The molecule has 0 aliphatic carbocycles. The fourth-order valence-corrected chi connectivity index (χ4v) is 6.30. The monoisotopic (exact) mass is 443 g/mol. The van der Waals surface area contributed by atoms with Crippen molar-refractivity contribution in [1.29, 1.82) is 0 Å². The fraction of sp³-hybridized carbons (Fsp3) is 0.273. The van der Waals surface area contributed by atoms with Crippen LogP contribution in [0.1, 0.15) is 35.1 Å². The summed E-state index contributed by atoms with van der Waals surface area (Å²) < 4.78 is 0. The van der Waals surface area contributed by atoms with E-state index in [1.54, 1.807) is 0 Å². The third-order valence-corrected chi connectivity index (χ3v) is 8.33. The number of benzene rings is 4. The van der Waals surface area contributed by atoms with Crippen molar-refractivity contribution >= 4 is 0 Å². The van der Waals surface area contributed by atoms with Gasteiger partial charge in [-0.15, -0.1) is 0 Å². The third-order valence-electron chi connectivity index (χ3n) is 8.33. The highest BCUT2D eigenvalue weighted by Gasteiger charge is 2.48. The van der Waals surface area contributed by atoms with Gasteiger partial charge in [-0.1, -0.05) is 108 Å². The van der Waals surface area contributed by atoms with Crippen LogP contribution in [0.5, 0.6) is 0 Å². The van der Waals surface area contributed by atoms with Crippen molar-refractivity contribution in [2.75, 3.05) is 19.6 Å². The Labute approximate surface area is 204 Å². The van der Waals surface area contributed by atoms with Crippen molar-refractivity contribution < 1.29 is 0 Å². The van der Waals surface area contributed by atoms with Gasteiger partial charge in [0, 0.05) is 12.0 Å². The van der Waals surface area contributed by atoms with E-state index in [1.165, 1.54) is 70.4 Å². The number of hydrogen-bond acceptors (Lipinski definition) is 1. The molecule has 3 heterocycles. The van der Waals surface area contributed by atoms with Crippen LogP contribution in [-0.2, 0) is 5.41 Å². The van der Waals surface area contributed by atoms with E-state index in [2.05, 4.69) is 116 Å². The Kier molecular flexibility index (Phi) is 5.38. The van der Waals surface area contributed by atoms with E-state index >= 15 is 0 Å². The Morgan fingerprint density at radius 2 is 0.882 bits per heavy atom. The number of hydrogen-bond donors (Lipinski definition) is 0. The normalized spacial score (nSPS) is 23.7. The number of nitrogens with zero attached hydrogens (tertiary/aromatic N) is 1. The maximum absolute atomic E-state index is 2.68. The SMILES string of the molecule is Cc1ccc(-c2ccc(-c3ccc(C4(c5ccc(C)cc5)CN5CCC4CC5)cc3)cc2)cc1. The quantitative estimate of drug-likeness (QED) is 0.313. The molecule has 0 amide bonds. The Morgan fingerprint density at radius 1 is 0.529 bits per heavy atom. The summed E-state index contributed by atoms with van der Waals surface area (Å²) in [4.78, 5) is 2.68. The van der Waals surface area contributed by atoms with Crippen LogP contribution >= 0.6 is 0 Å². The van der Waals surface area contributed by atoms with Gasteiger partial charge in [-0.25, -0.2) is 0 Å². The Morgan fingerprint density at radius 3 is 1.29 bits per heavy atom. The van der Waals surface area contributed by atoms with Crippen molar-refractivity contribution in [3.05, 3.63) is 119 Å². The molecule has 0 spiro atoms. The summed E-state index contributed by atoms with van der Waals surface area (Å²) in [5.74, 6) is 0.722. The van der Waals surface area contributed by atoms with Crippen LogP contribution in [-0.4, -0.2) is 24.5 Å². The molecule has 0 radical (unpaired) electrons. The largest absolute Gasteiger partial charge is 0.302 e. The van der Waals surface area contributed by atoms with Crippen LogP contribution in [0, 0.1) is 19.8 Å². The van der Waals surface area contributed by atoms with Crippen molar-refractivity contribution in [2.45, 2.75) is 32.1 Å². The molecule has 2 bridgehead atoms. The Balaban J connectivity index is 1.33. The third kappa shape index (κ3) is 3.69. The lowest BCUT2D eigenvalue weighted by Crippen LogP contribution is -2.57. The van der Waals surface area contributed by atoms with E-state index in [4.69, 9.17) is 0 Å². The zero-order chi connectivity index (χ0) is 23.1. The smallest absolute Gasteiger partial charge is 0.0358 e. The van der Waals surface area contributed by atoms with Gasteiger partial charge in [0.15, 0.2) is 0 Å². The molecule has 0 N–H and O–H groups in total. The minimum atomic E-state index is 0.109. The molecule has 1 unspecified atom stereocenters. The predicted molar refractivity (Wildman–Crippen MR) is 143 cm³/mol. The van der Waals surface area contributed by atoms with Gasteiger partial charge in [-0.05, 0) is 79.1 Å². The topological polar surface area (TPSA) is 3.24 Å². The summed E-state index contributed by atoms with van der Waals surface area (Å²) in [5, 5.41) is 0. The average Bonchev–Trinajstić information content (AvgIpc) is 2.90. The molecule has 34 heavy (non-hydrogen) atoms. The number of piperidine rings is 3. The molecule has 1 atom stereocenters. The van der Waals surface area contributed by atoms with Crippen LogP contribution in [0.2, 0.25) is 0 Å². The lowest BCUT2D eigenvalue weighted by molar-refractivity contribution is 0.0451. The first kappa shape index (κ1) is 21.4. The highest BCUT2D eigenvalue weighted by molar-refractivity contribution is 5.71. The number of aryl methyl sites for hydroxylation is 2. The second-order valence-electron chi connectivity index (χ2n) is 10.4. The maximum Gasteiger partial charge on any atom is 0.0358 e. The van der Waals surface area contributed by atoms with Gasteiger partial charge in [0.2, 0.25) is 0 Å². The predicted octanol–water partition coefficient (Wildman–Crippen LogP) is 7.65. The molecule has 3 saturated heterocycles.